The summed E-state index contributed by atoms with van der Waals surface area (Å²) in [6.07, 6.45) is 0. The largest absolute Gasteiger partial charge is 0.309 e. The van der Waals surface area contributed by atoms with Gasteiger partial charge in [0.25, 0.3) is 0 Å². The average Bonchev–Trinajstić information content (AvgIpc) is 3.95. The lowest BCUT2D eigenvalue weighted by Gasteiger charge is -2.28. The van der Waals surface area contributed by atoms with Crippen molar-refractivity contribution in [3.05, 3.63) is 194 Å². The van der Waals surface area contributed by atoms with Crippen molar-refractivity contribution >= 4 is 83.2 Å². The lowest BCUT2D eigenvalue weighted by Crippen LogP contribution is -2.70. The molecule has 2 nitrogen and oxygen atoms in total. The first-order valence-electron chi connectivity index (χ1n) is 19.2. The predicted molar refractivity (Wildman–Crippen MR) is 234 cm³/mol. The first-order valence-corrected chi connectivity index (χ1v) is 21.2. The van der Waals surface area contributed by atoms with Crippen molar-refractivity contribution in [2.45, 2.75) is 0 Å². The second-order valence-corrected chi connectivity index (χ2v) is 18.9. The molecule has 0 radical (unpaired) electrons. The topological polar surface area (TPSA) is 9.86 Å². The van der Waals surface area contributed by atoms with E-state index in [1.165, 1.54) is 109 Å². The Balaban J connectivity index is 1.13. The van der Waals surface area contributed by atoms with E-state index in [1.54, 1.807) is 0 Å². The normalized spacial score (nSPS) is 13.6. The Kier molecular flexibility index (Phi) is 5.68. The van der Waals surface area contributed by atoms with Crippen LogP contribution in [0, 0.1) is 0 Å². The lowest BCUT2D eigenvalue weighted by molar-refractivity contribution is 1.17. The summed E-state index contributed by atoms with van der Waals surface area (Å²) in [7, 11) is -2.59. The van der Waals surface area contributed by atoms with Gasteiger partial charge in [0.1, 0.15) is 0 Å². The molecule has 55 heavy (non-hydrogen) atoms. The summed E-state index contributed by atoms with van der Waals surface area (Å²) < 4.78 is 4.97. The molecule has 11 aromatic rings. The van der Waals surface area contributed by atoms with Crippen LogP contribution in [0.3, 0.4) is 0 Å². The Morgan fingerprint density at radius 3 is 1.40 bits per heavy atom. The number of fused-ring (bicyclic) bond motifs is 18. The smallest absolute Gasteiger partial charge is 0.182 e. The Labute approximate surface area is 318 Å². The summed E-state index contributed by atoms with van der Waals surface area (Å²) in [5, 5.41) is 13.6. The molecule has 0 fully saturated rings. The third-order valence-corrected chi connectivity index (χ3v) is 17.7. The number of hydrogen-bond donors (Lipinski definition) is 0. The Hall–Kier alpha value is -6.94. The van der Waals surface area contributed by atoms with Gasteiger partial charge in [-0.25, -0.2) is 0 Å². The molecule has 9 aromatic carbocycles. The molecule has 2 aliphatic rings. The fraction of sp³-hybridized carbons (Fsp3) is 0. The van der Waals surface area contributed by atoms with Crippen molar-refractivity contribution in [1.82, 2.24) is 9.13 Å². The summed E-state index contributed by atoms with van der Waals surface area (Å²) in [4.78, 5) is 0. The zero-order valence-corrected chi connectivity index (χ0v) is 30.9. The van der Waals surface area contributed by atoms with E-state index in [0.29, 0.717) is 0 Å². The standard InChI is InChI=1S/C52H32N2Si/c1-2-14-36-33(13-1)25-29-47-52(36)43-31-34(53-44-20-8-3-15-37(44)38-16-4-9-21-45(38)53)27-30-46(43)54(47)35-26-28-42-41-19-7-12-24-50(41)55(51(42)32-35)48-22-10-5-17-39(48)40-18-6-11-23-49(40)55/h1-32H. The van der Waals surface area contributed by atoms with Crippen molar-refractivity contribution in [3.63, 3.8) is 0 Å². The third-order valence-electron chi connectivity index (χ3n) is 12.7. The molecular weight excluding hydrogens is 681 g/mol. The summed E-state index contributed by atoms with van der Waals surface area (Å²) >= 11 is 0. The number of nitrogens with zero attached hydrogens (tertiary/aromatic N) is 2. The molecular formula is C52H32N2Si. The highest BCUT2D eigenvalue weighted by atomic mass is 28.3. The van der Waals surface area contributed by atoms with Gasteiger partial charge in [0.05, 0.1) is 22.1 Å². The fourth-order valence-electron chi connectivity index (χ4n) is 10.6. The first kappa shape index (κ1) is 29.5. The van der Waals surface area contributed by atoms with E-state index in [1.807, 2.05) is 0 Å². The third kappa shape index (κ3) is 3.64. The van der Waals surface area contributed by atoms with Crippen molar-refractivity contribution in [2.75, 3.05) is 0 Å². The van der Waals surface area contributed by atoms with Crippen LogP contribution < -0.4 is 20.7 Å². The monoisotopic (exact) mass is 712 g/mol. The van der Waals surface area contributed by atoms with Gasteiger partial charge in [-0.2, -0.15) is 0 Å². The highest BCUT2D eigenvalue weighted by molar-refractivity contribution is 7.24. The van der Waals surface area contributed by atoms with E-state index in [2.05, 4.69) is 203 Å². The Bertz CT molecular complexity index is 3340. The maximum Gasteiger partial charge on any atom is 0.182 e. The molecule has 0 unspecified atom stereocenters. The molecule has 4 heterocycles. The van der Waals surface area contributed by atoms with Crippen molar-refractivity contribution in [2.24, 2.45) is 0 Å². The Morgan fingerprint density at radius 2 is 0.745 bits per heavy atom. The maximum atomic E-state index is 2.56. The molecule has 3 heteroatoms. The molecule has 0 amide bonds. The van der Waals surface area contributed by atoms with E-state index in [0.717, 1.165) is 0 Å². The molecule has 0 bridgehead atoms. The zero-order chi connectivity index (χ0) is 35.8. The minimum Gasteiger partial charge on any atom is -0.309 e. The lowest BCUT2D eigenvalue weighted by atomic mass is 10.0. The summed E-state index contributed by atoms with van der Waals surface area (Å²) in [6.45, 7) is 0. The summed E-state index contributed by atoms with van der Waals surface area (Å²) in [5.41, 5.74) is 12.8. The van der Waals surface area contributed by atoms with E-state index in [9.17, 15) is 0 Å². The molecule has 2 aliphatic heterocycles. The van der Waals surface area contributed by atoms with Gasteiger partial charge in [-0.3, -0.25) is 0 Å². The molecule has 0 atom stereocenters. The molecule has 0 saturated carbocycles. The number of benzene rings is 9. The van der Waals surface area contributed by atoms with Crippen molar-refractivity contribution in [1.29, 1.82) is 0 Å². The van der Waals surface area contributed by atoms with Crippen LogP contribution in [0.4, 0.5) is 0 Å². The van der Waals surface area contributed by atoms with Crippen molar-refractivity contribution in [3.8, 4) is 33.6 Å². The maximum absolute atomic E-state index is 2.59. The Morgan fingerprint density at radius 1 is 0.291 bits per heavy atom. The molecule has 1 spiro atoms. The molecule has 13 rings (SSSR count). The second kappa shape index (κ2) is 10.6. The highest BCUT2D eigenvalue weighted by Crippen LogP contribution is 2.41. The second-order valence-electron chi connectivity index (χ2n) is 15.2. The van der Waals surface area contributed by atoms with Gasteiger partial charge in [0.2, 0.25) is 0 Å². The van der Waals surface area contributed by atoms with Crippen LogP contribution in [0.15, 0.2) is 194 Å². The predicted octanol–water partition coefficient (Wildman–Crippen LogP) is 10.4. The van der Waals surface area contributed by atoms with Gasteiger partial charge in [-0.15, -0.1) is 0 Å². The van der Waals surface area contributed by atoms with Crippen LogP contribution >= 0.6 is 0 Å². The fourth-order valence-corrected chi connectivity index (χ4v) is 16.3. The van der Waals surface area contributed by atoms with Crippen LogP contribution in [-0.4, -0.2) is 17.2 Å². The average molecular weight is 713 g/mol. The number of rotatable bonds is 2. The van der Waals surface area contributed by atoms with Crippen LogP contribution in [0.1, 0.15) is 0 Å². The van der Waals surface area contributed by atoms with Crippen LogP contribution in [-0.2, 0) is 0 Å². The molecule has 2 aromatic heterocycles. The molecule has 0 saturated heterocycles. The van der Waals surface area contributed by atoms with Gasteiger partial charge in [0.15, 0.2) is 8.07 Å². The zero-order valence-electron chi connectivity index (χ0n) is 29.9. The van der Waals surface area contributed by atoms with E-state index in [4.69, 9.17) is 0 Å². The van der Waals surface area contributed by atoms with Crippen LogP contribution in [0.25, 0.3) is 88.0 Å². The molecule has 0 N–H and O–H groups in total. The minimum absolute atomic E-state index is 1.17. The van der Waals surface area contributed by atoms with Crippen LogP contribution in [0.2, 0.25) is 0 Å². The van der Waals surface area contributed by atoms with Gasteiger partial charge in [0, 0.05) is 32.9 Å². The van der Waals surface area contributed by atoms with Crippen LogP contribution in [0.5, 0.6) is 0 Å². The number of aromatic nitrogens is 2. The van der Waals surface area contributed by atoms with E-state index in [-0.39, 0.29) is 0 Å². The first-order chi connectivity index (χ1) is 27.3. The SMILES string of the molecule is c1ccc2c(c1)-c1ccccc1[Si]21c2ccccc2-c2ccc(-n3c4ccc(-n5c6ccccc6c6ccccc65)cc4c4c5ccccc5ccc43)cc21. The van der Waals surface area contributed by atoms with Crippen molar-refractivity contribution < 1.29 is 0 Å². The number of para-hydroxylation sites is 2. The van der Waals surface area contributed by atoms with E-state index < -0.39 is 8.07 Å². The quantitative estimate of drug-likeness (QED) is 0.158. The number of hydrogen-bond acceptors (Lipinski definition) is 0. The van der Waals surface area contributed by atoms with Gasteiger partial charge in [-0.05, 0) is 102 Å². The summed E-state index contributed by atoms with van der Waals surface area (Å²) in [6, 6.07) is 73.2. The highest BCUT2D eigenvalue weighted by Gasteiger charge is 2.53. The van der Waals surface area contributed by atoms with Gasteiger partial charge in [-0.1, -0.05) is 146 Å². The van der Waals surface area contributed by atoms with E-state index >= 15 is 0 Å². The molecule has 254 valence electrons. The molecule has 0 aliphatic carbocycles. The van der Waals surface area contributed by atoms with Gasteiger partial charge >= 0.3 is 0 Å². The van der Waals surface area contributed by atoms with Gasteiger partial charge < -0.3 is 9.13 Å². The minimum atomic E-state index is -2.59. The summed E-state index contributed by atoms with van der Waals surface area (Å²) in [5.74, 6) is 0.